The van der Waals surface area contributed by atoms with Crippen LogP contribution in [0.25, 0.3) is 0 Å². The molecule has 0 aliphatic carbocycles. The van der Waals surface area contributed by atoms with E-state index in [-0.39, 0.29) is 16.4 Å². The number of carbonyl (C=O) groups excluding carboxylic acids is 2. The van der Waals surface area contributed by atoms with Crippen molar-refractivity contribution in [3.05, 3.63) is 65.7 Å². The lowest BCUT2D eigenvalue weighted by molar-refractivity contribution is -0.145. The number of hydrogen-bond acceptors (Lipinski definition) is 6. The first-order chi connectivity index (χ1) is 16.5. The van der Waals surface area contributed by atoms with Crippen LogP contribution < -0.4 is 0 Å². The van der Waals surface area contributed by atoms with Crippen molar-refractivity contribution >= 4 is 21.9 Å². The summed E-state index contributed by atoms with van der Waals surface area (Å²) in [4.78, 5) is 28.0. The van der Waals surface area contributed by atoms with Crippen LogP contribution in [-0.2, 0) is 24.3 Å². The highest BCUT2D eigenvalue weighted by Crippen LogP contribution is 2.25. The highest BCUT2D eigenvalue weighted by molar-refractivity contribution is 7.89. The molecule has 0 bridgehead atoms. The molecule has 0 N–H and O–H groups in total. The molecule has 2 aliphatic heterocycles. The van der Waals surface area contributed by atoms with Crippen molar-refractivity contribution < 1.29 is 27.5 Å². The highest BCUT2D eigenvalue weighted by atomic mass is 32.2. The molecule has 1 amide bonds. The lowest BCUT2D eigenvalue weighted by Crippen LogP contribution is -2.44. The summed E-state index contributed by atoms with van der Waals surface area (Å²) in [5.41, 5.74) is 0.646. The Bertz CT molecular complexity index is 1090. The summed E-state index contributed by atoms with van der Waals surface area (Å²) in [6.07, 6.45) is 2.54. The fourth-order valence-corrected chi connectivity index (χ4v) is 5.79. The first kappa shape index (κ1) is 24.4. The largest absolute Gasteiger partial charge is 0.444 e. The summed E-state index contributed by atoms with van der Waals surface area (Å²) >= 11 is 0. The predicted molar refractivity (Wildman–Crippen MR) is 126 cm³/mol. The molecule has 2 aromatic rings. The molecule has 2 fully saturated rings. The Kier molecular flexibility index (Phi) is 7.97. The molecule has 0 saturated carbocycles. The minimum atomic E-state index is -3.72. The van der Waals surface area contributed by atoms with Crippen LogP contribution >= 0.6 is 0 Å². The maximum Gasteiger partial charge on any atom is 0.339 e. The van der Waals surface area contributed by atoms with Gasteiger partial charge in [0.05, 0.1) is 23.7 Å². The van der Waals surface area contributed by atoms with Gasteiger partial charge in [0.15, 0.2) is 0 Å². The molecule has 1 atom stereocenters. The van der Waals surface area contributed by atoms with E-state index in [2.05, 4.69) is 0 Å². The van der Waals surface area contributed by atoms with Gasteiger partial charge in [-0.2, -0.15) is 4.31 Å². The molecule has 34 heavy (non-hydrogen) atoms. The number of carbonyl (C=O) groups is 2. The van der Waals surface area contributed by atoms with Crippen molar-refractivity contribution in [3.8, 4) is 0 Å². The normalized spacial score (nSPS) is 18.6. The number of hydrogen-bond donors (Lipinski definition) is 0. The molecule has 8 nitrogen and oxygen atoms in total. The van der Waals surface area contributed by atoms with Gasteiger partial charge in [-0.05, 0) is 31.0 Å². The molecule has 0 unspecified atom stereocenters. The van der Waals surface area contributed by atoms with E-state index >= 15 is 0 Å². The summed E-state index contributed by atoms with van der Waals surface area (Å²) in [5.74, 6) is -1.07. The van der Waals surface area contributed by atoms with E-state index < -0.39 is 22.1 Å². The van der Waals surface area contributed by atoms with Crippen LogP contribution in [0.1, 0.15) is 47.7 Å². The van der Waals surface area contributed by atoms with E-state index in [9.17, 15) is 18.0 Å². The van der Waals surface area contributed by atoms with Crippen LogP contribution in [0, 0.1) is 0 Å². The predicted octanol–water partition coefficient (Wildman–Crippen LogP) is 3.01. The third kappa shape index (κ3) is 5.65. The van der Waals surface area contributed by atoms with Gasteiger partial charge in [-0.25, -0.2) is 13.2 Å². The molecule has 2 aliphatic rings. The summed E-state index contributed by atoms with van der Waals surface area (Å²) in [6, 6.07) is 14.7. The number of amides is 1. The topological polar surface area (TPSA) is 93.2 Å². The van der Waals surface area contributed by atoms with Gasteiger partial charge >= 0.3 is 5.97 Å². The van der Waals surface area contributed by atoms with Crippen LogP contribution in [0.15, 0.2) is 59.5 Å². The number of esters is 1. The van der Waals surface area contributed by atoms with Gasteiger partial charge < -0.3 is 14.4 Å². The summed E-state index contributed by atoms with van der Waals surface area (Å²) in [5, 5.41) is 0. The monoisotopic (exact) mass is 486 g/mol. The Balaban J connectivity index is 1.56. The lowest BCUT2D eigenvalue weighted by atomic mass is 10.1. The minimum absolute atomic E-state index is 0.0552. The summed E-state index contributed by atoms with van der Waals surface area (Å²) < 4.78 is 38.9. The van der Waals surface area contributed by atoms with Crippen LogP contribution in [0.3, 0.4) is 0 Å². The zero-order chi connectivity index (χ0) is 24.0. The minimum Gasteiger partial charge on any atom is -0.444 e. The van der Waals surface area contributed by atoms with E-state index in [4.69, 9.17) is 9.47 Å². The zero-order valence-corrected chi connectivity index (χ0v) is 19.9. The van der Waals surface area contributed by atoms with E-state index in [0.29, 0.717) is 45.0 Å². The summed E-state index contributed by atoms with van der Waals surface area (Å²) in [7, 11) is -3.72. The first-order valence-electron chi connectivity index (χ1n) is 11.7. The Morgan fingerprint density at radius 2 is 1.53 bits per heavy atom. The van der Waals surface area contributed by atoms with Gasteiger partial charge in [0.2, 0.25) is 16.1 Å². The molecule has 182 valence electrons. The van der Waals surface area contributed by atoms with Gasteiger partial charge in [-0.15, -0.1) is 0 Å². The number of rotatable bonds is 6. The quantitative estimate of drug-likeness (QED) is 0.583. The Morgan fingerprint density at radius 3 is 2.21 bits per heavy atom. The molecular formula is C25H30N2O6S. The van der Waals surface area contributed by atoms with Crippen LogP contribution in [0.5, 0.6) is 0 Å². The third-order valence-electron chi connectivity index (χ3n) is 6.15. The van der Waals surface area contributed by atoms with Gasteiger partial charge in [-0.1, -0.05) is 49.2 Å². The van der Waals surface area contributed by atoms with Crippen LogP contribution in [-0.4, -0.2) is 68.9 Å². The Hall–Kier alpha value is -2.75. The van der Waals surface area contributed by atoms with Gasteiger partial charge in [0.25, 0.3) is 5.91 Å². The van der Waals surface area contributed by atoms with Crippen molar-refractivity contribution in [2.75, 3.05) is 39.4 Å². The summed E-state index contributed by atoms with van der Waals surface area (Å²) in [6.45, 7) is 2.64. The van der Waals surface area contributed by atoms with Crippen molar-refractivity contribution in [1.82, 2.24) is 9.21 Å². The molecule has 0 spiro atoms. The van der Waals surface area contributed by atoms with E-state index in [1.165, 1.54) is 28.6 Å². The van der Waals surface area contributed by atoms with Crippen LogP contribution in [0.4, 0.5) is 0 Å². The fourth-order valence-electron chi connectivity index (χ4n) is 4.23. The second kappa shape index (κ2) is 11.1. The highest BCUT2D eigenvalue weighted by Gasteiger charge is 2.32. The van der Waals surface area contributed by atoms with E-state index in [1.807, 2.05) is 6.07 Å². The maximum absolute atomic E-state index is 13.2. The SMILES string of the molecule is O=C(O[C@@H](C(=O)N1CCOCC1)c1ccccc1)c1cccc(S(=O)(=O)N2CCCCCC2)c1. The molecule has 2 aromatic carbocycles. The maximum atomic E-state index is 13.2. The molecule has 0 aromatic heterocycles. The van der Waals surface area contributed by atoms with Gasteiger partial charge in [0, 0.05) is 31.7 Å². The average molecular weight is 487 g/mol. The zero-order valence-electron chi connectivity index (χ0n) is 19.1. The number of benzene rings is 2. The van der Waals surface area contributed by atoms with Crippen molar-refractivity contribution in [1.29, 1.82) is 0 Å². The second-order valence-electron chi connectivity index (χ2n) is 8.48. The Labute approximate surface area is 200 Å². The molecule has 9 heteroatoms. The second-order valence-corrected chi connectivity index (χ2v) is 10.4. The average Bonchev–Trinajstić information content (AvgIpc) is 3.18. The number of morpholine rings is 1. The molecule has 4 rings (SSSR count). The number of ether oxygens (including phenoxy) is 2. The van der Waals surface area contributed by atoms with Gasteiger partial charge in [0.1, 0.15) is 0 Å². The van der Waals surface area contributed by atoms with Crippen molar-refractivity contribution in [2.24, 2.45) is 0 Å². The number of nitrogens with zero attached hydrogens (tertiary/aromatic N) is 2. The van der Waals surface area contributed by atoms with Crippen LogP contribution in [0.2, 0.25) is 0 Å². The van der Waals surface area contributed by atoms with E-state index in [1.54, 1.807) is 29.2 Å². The number of sulfonamides is 1. The fraction of sp³-hybridized carbons (Fsp3) is 0.440. The van der Waals surface area contributed by atoms with Crippen molar-refractivity contribution in [2.45, 2.75) is 36.7 Å². The van der Waals surface area contributed by atoms with E-state index in [0.717, 1.165) is 25.7 Å². The molecule has 0 radical (unpaired) electrons. The lowest BCUT2D eigenvalue weighted by Gasteiger charge is -2.30. The van der Waals surface area contributed by atoms with Gasteiger partial charge in [-0.3, -0.25) is 4.79 Å². The first-order valence-corrected chi connectivity index (χ1v) is 13.1. The Morgan fingerprint density at radius 1 is 0.853 bits per heavy atom. The smallest absolute Gasteiger partial charge is 0.339 e. The molecule has 2 saturated heterocycles. The standard InChI is InChI=1S/C25H30N2O6S/c28-24(26-15-17-32-18-16-26)23(20-9-4-3-5-10-20)33-25(29)21-11-8-12-22(19-21)34(30,31)27-13-6-1-2-7-14-27/h3-5,8-12,19,23H,1-2,6-7,13-18H2/t23-/m1/s1. The molecule has 2 heterocycles. The third-order valence-corrected chi connectivity index (χ3v) is 8.04. The van der Waals surface area contributed by atoms with Crippen molar-refractivity contribution in [3.63, 3.8) is 0 Å². The molecular weight excluding hydrogens is 456 g/mol.